The lowest BCUT2D eigenvalue weighted by molar-refractivity contribution is 0.427. The second-order valence-electron chi connectivity index (χ2n) is 3.69. The van der Waals surface area contributed by atoms with Crippen LogP contribution >= 0.6 is 50.2 Å². The van der Waals surface area contributed by atoms with E-state index in [1.54, 1.807) is 17.5 Å². The van der Waals surface area contributed by atoms with Gasteiger partial charge in [-0.2, -0.15) is 4.31 Å². The fraction of sp³-hybridized carbons (Fsp3) is 0.273. The molecule has 0 N–H and O–H groups in total. The van der Waals surface area contributed by atoms with Gasteiger partial charge in [0.2, 0.25) is 0 Å². The molecule has 19 heavy (non-hydrogen) atoms. The minimum atomic E-state index is -3.46. The molecule has 3 nitrogen and oxygen atoms in total. The minimum absolute atomic E-state index is 0.344. The van der Waals surface area contributed by atoms with E-state index in [1.165, 1.54) is 27.0 Å². The van der Waals surface area contributed by atoms with Crippen LogP contribution in [0.2, 0.25) is 4.34 Å². The standard InChI is InChI=1S/C11H11BrClNO2S3/c1-2-14(7-8-3-4-10(13)18-8)19(15,16)11-9(12)5-6-17-11/h3-6H,2,7H2,1H3. The topological polar surface area (TPSA) is 37.4 Å². The highest BCUT2D eigenvalue weighted by molar-refractivity contribution is 9.10. The lowest BCUT2D eigenvalue weighted by Gasteiger charge is -2.19. The van der Waals surface area contributed by atoms with Crippen molar-refractivity contribution < 1.29 is 8.42 Å². The Morgan fingerprint density at radius 1 is 1.37 bits per heavy atom. The summed E-state index contributed by atoms with van der Waals surface area (Å²) in [6.45, 7) is 2.59. The normalized spacial score (nSPS) is 12.2. The number of hydrogen-bond acceptors (Lipinski definition) is 4. The zero-order valence-electron chi connectivity index (χ0n) is 9.97. The summed E-state index contributed by atoms with van der Waals surface area (Å²) in [5.41, 5.74) is 0. The Hall–Kier alpha value is 0.0800. The van der Waals surface area contributed by atoms with Crippen LogP contribution in [0.4, 0.5) is 0 Å². The van der Waals surface area contributed by atoms with Gasteiger partial charge in [0.15, 0.2) is 0 Å². The Morgan fingerprint density at radius 3 is 2.58 bits per heavy atom. The van der Waals surface area contributed by atoms with Gasteiger partial charge in [-0.15, -0.1) is 22.7 Å². The average Bonchev–Trinajstić information content (AvgIpc) is 2.95. The number of hydrogen-bond donors (Lipinski definition) is 0. The summed E-state index contributed by atoms with van der Waals surface area (Å²) >= 11 is 11.8. The molecule has 2 aromatic heterocycles. The second-order valence-corrected chi connectivity index (χ2v) is 9.40. The molecule has 0 fully saturated rings. The SMILES string of the molecule is CCN(Cc1ccc(Cl)s1)S(=O)(=O)c1sccc1Br. The van der Waals surface area contributed by atoms with Gasteiger partial charge in [-0.25, -0.2) is 8.42 Å². The lowest BCUT2D eigenvalue weighted by atomic mass is 10.4. The first-order valence-electron chi connectivity index (χ1n) is 5.42. The molecule has 0 aliphatic rings. The second kappa shape index (κ2) is 6.24. The zero-order valence-corrected chi connectivity index (χ0v) is 14.8. The molecular formula is C11H11BrClNO2S3. The van der Waals surface area contributed by atoms with Gasteiger partial charge >= 0.3 is 0 Å². The monoisotopic (exact) mass is 399 g/mol. The molecule has 0 aliphatic heterocycles. The van der Waals surface area contributed by atoms with Gasteiger partial charge in [-0.1, -0.05) is 18.5 Å². The molecule has 0 bridgehead atoms. The van der Waals surface area contributed by atoms with Crippen molar-refractivity contribution in [3.63, 3.8) is 0 Å². The Bertz CT molecular complexity index is 665. The fourth-order valence-corrected chi connectivity index (χ4v) is 6.62. The van der Waals surface area contributed by atoms with Crippen molar-refractivity contribution in [1.82, 2.24) is 4.31 Å². The third-order valence-electron chi connectivity index (χ3n) is 2.47. The lowest BCUT2D eigenvalue weighted by Crippen LogP contribution is -2.29. The summed E-state index contributed by atoms with van der Waals surface area (Å²) in [4.78, 5) is 0.933. The predicted octanol–water partition coefficient (Wildman–Crippen LogP) is 4.44. The largest absolute Gasteiger partial charge is 0.254 e. The number of halogens is 2. The Labute approximate surface area is 134 Å². The van der Waals surface area contributed by atoms with Gasteiger partial charge in [0.25, 0.3) is 10.0 Å². The van der Waals surface area contributed by atoms with Crippen molar-refractivity contribution in [2.24, 2.45) is 0 Å². The molecule has 0 saturated carbocycles. The van der Waals surface area contributed by atoms with Gasteiger partial charge < -0.3 is 0 Å². The van der Waals surface area contributed by atoms with E-state index in [9.17, 15) is 8.42 Å². The molecule has 8 heteroatoms. The fourth-order valence-electron chi connectivity index (χ4n) is 1.56. The van der Waals surface area contributed by atoms with Crippen molar-refractivity contribution in [3.8, 4) is 0 Å². The molecule has 0 radical (unpaired) electrons. The molecule has 2 rings (SSSR count). The first-order valence-corrected chi connectivity index (χ1v) is 9.73. The summed E-state index contributed by atoms with van der Waals surface area (Å²) in [5, 5.41) is 1.76. The van der Waals surface area contributed by atoms with Gasteiger partial charge in [-0.05, 0) is 39.5 Å². The van der Waals surface area contributed by atoms with E-state index in [0.29, 0.717) is 26.1 Å². The van der Waals surface area contributed by atoms with Crippen LogP contribution in [0.15, 0.2) is 32.3 Å². The zero-order chi connectivity index (χ0) is 14.0. The summed E-state index contributed by atoms with van der Waals surface area (Å²) in [7, 11) is -3.46. The van der Waals surface area contributed by atoms with Crippen molar-refractivity contribution >= 4 is 60.2 Å². The number of sulfonamides is 1. The molecule has 2 heterocycles. The predicted molar refractivity (Wildman–Crippen MR) is 84.6 cm³/mol. The van der Waals surface area contributed by atoms with Gasteiger partial charge in [-0.3, -0.25) is 0 Å². The molecule has 0 aliphatic carbocycles. The van der Waals surface area contributed by atoms with Crippen LogP contribution in [-0.2, 0) is 16.6 Å². The highest BCUT2D eigenvalue weighted by Gasteiger charge is 2.27. The van der Waals surface area contributed by atoms with E-state index >= 15 is 0 Å². The van der Waals surface area contributed by atoms with Crippen LogP contribution in [-0.4, -0.2) is 19.3 Å². The highest BCUT2D eigenvalue weighted by atomic mass is 79.9. The molecule has 0 spiro atoms. The van der Waals surface area contributed by atoms with E-state index in [-0.39, 0.29) is 0 Å². The summed E-state index contributed by atoms with van der Waals surface area (Å²) in [5.74, 6) is 0. The van der Waals surface area contributed by atoms with Crippen molar-refractivity contribution in [3.05, 3.63) is 37.3 Å². The first kappa shape index (κ1) is 15.5. The van der Waals surface area contributed by atoms with Crippen molar-refractivity contribution in [2.75, 3.05) is 6.54 Å². The van der Waals surface area contributed by atoms with Crippen LogP contribution in [0.25, 0.3) is 0 Å². The third kappa shape index (κ3) is 3.40. The maximum atomic E-state index is 12.5. The maximum absolute atomic E-state index is 12.5. The quantitative estimate of drug-likeness (QED) is 0.744. The molecule has 2 aromatic rings. The molecule has 0 aromatic carbocycles. The Balaban J connectivity index is 2.29. The van der Waals surface area contributed by atoms with Crippen LogP contribution in [0, 0.1) is 0 Å². The van der Waals surface area contributed by atoms with Gasteiger partial charge in [0.1, 0.15) is 4.21 Å². The maximum Gasteiger partial charge on any atom is 0.254 e. The molecule has 0 atom stereocenters. The van der Waals surface area contributed by atoms with Crippen molar-refractivity contribution in [1.29, 1.82) is 0 Å². The molecular weight excluding hydrogens is 390 g/mol. The molecule has 0 unspecified atom stereocenters. The van der Waals surface area contributed by atoms with Gasteiger partial charge in [0.05, 0.1) is 4.34 Å². The van der Waals surface area contributed by atoms with Crippen LogP contribution in [0.3, 0.4) is 0 Å². The summed E-state index contributed by atoms with van der Waals surface area (Å²) in [6, 6.07) is 5.38. The average molecular weight is 401 g/mol. The van der Waals surface area contributed by atoms with E-state index in [1.807, 2.05) is 13.0 Å². The van der Waals surface area contributed by atoms with Crippen molar-refractivity contribution in [2.45, 2.75) is 17.7 Å². The minimum Gasteiger partial charge on any atom is -0.206 e. The summed E-state index contributed by atoms with van der Waals surface area (Å²) in [6.07, 6.45) is 0. The van der Waals surface area contributed by atoms with Crippen LogP contribution in [0.1, 0.15) is 11.8 Å². The van der Waals surface area contributed by atoms with E-state index in [4.69, 9.17) is 11.6 Å². The van der Waals surface area contributed by atoms with Gasteiger partial charge in [0, 0.05) is 22.4 Å². The first-order chi connectivity index (χ1) is 8.95. The molecule has 0 amide bonds. The number of nitrogens with zero attached hydrogens (tertiary/aromatic N) is 1. The van der Waals surface area contributed by atoms with Crippen LogP contribution in [0.5, 0.6) is 0 Å². The Kier molecular flexibility index (Phi) is 5.08. The molecule has 0 saturated heterocycles. The van der Waals surface area contributed by atoms with Crippen LogP contribution < -0.4 is 0 Å². The number of thiophene rings is 2. The van der Waals surface area contributed by atoms with E-state index in [0.717, 1.165) is 4.88 Å². The highest BCUT2D eigenvalue weighted by Crippen LogP contribution is 2.32. The number of rotatable bonds is 5. The van der Waals surface area contributed by atoms with E-state index in [2.05, 4.69) is 15.9 Å². The van der Waals surface area contributed by atoms with E-state index < -0.39 is 10.0 Å². The third-order valence-corrected chi connectivity index (χ3v) is 8.26. The molecule has 104 valence electrons. The Morgan fingerprint density at radius 2 is 2.11 bits per heavy atom. The smallest absolute Gasteiger partial charge is 0.206 e. The summed E-state index contributed by atoms with van der Waals surface area (Å²) < 4.78 is 28.1.